The molecule has 36 heavy (non-hydrogen) atoms. The Bertz CT molecular complexity index is 1140. The lowest BCUT2D eigenvalue weighted by Crippen LogP contribution is -2.43. The number of rotatable bonds is 8. The van der Waals surface area contributed by atoms with Gasteiger partial charge in [-0.3, -0.25) is 9.69 Å². The highest BCUT2D eigenvalue weighted by Crippen LogP contribution is 2.34. The second kappa shape index (κ2) is 11.7. The van der Waals surface area contributed by atoms with E-state index in [2.05, 4.69) is 15.0 Å². The zero-order chi connectivity index (χ0) is 24.7. The minimum atomic E-state index is -0.510. The van der Waals surface area contributed by atoms with Crippen LogP contribution in [-0.4, -0.2) is 73.3 Å². The van der Waals surface area contributed by atoms with E-state index in [1.807, 2.05) is 30.3 Å². The third-order valence-corrected chi connectivity index (χ3v) is 6.99. The van der Waals surface area contributed by atoms with Gasteiger partial charge in [0.1, 0.15) is 11.5 Å². The van der Waals surface area contributed by atoms with Crippen molar-refractivity contribution in [2.24, 2.45) is 0 Å². The van der Waals surface area contributed by atoms with Crippen molar-refractivity contribution in [3.8, 4) is 11.3 Å². The Morgan fingerprint density at radius 3 is 2.42 bits per heavy atom. The number of hydrogen-bond acceptors (Lipinski definition) is 6. The standard InChI is InChI=1S/C28H33FN4O3/c29-25-12-6-5-11-23(25)27(34)33(16-15-31-17-19-35-20-18-31)21-24-26(22-9-3-1-4-10-22)30-36-28(24)32-13-7-2-8-14-32/h1,3-6,9-12H,2,7-8,13-21H2. The summed E-state index contributed by atoms with van der Waals surface area (Å²) in [6, 6.07) is 16.1. The number of morpholine rings is 1. The molecule has 5 rings (SSSR count). The van der Waals surface area contributed by atoms with Gasteiger partial charge in [0.05, 0.1) is 30.9 Å². The molecule has 8 heteroatoms. The number of halogens is 1. The van der Waals surface area contributed by atoms with E-state index in [-0.39, 0.29) is 18.0 Å². The Morgan fingerprint density at radius 2 is 1.67 bits per heavy atom. The first-order valence-electron chi connectivity index (χ1n) is 12.8. The van der Waals surface area contributed by atoms with Crippen LogP contribution in [0.25, 0.3) is 11.3 Å². The third kappa shape index (κ3) is 5.60. The average molecular weight is 493 g/mol. The number of hydrogen-bond donors (Lipinski definition) is 0. The fourth-order valence-electron chi connectivity index (χ4n) is 4.95. The zero-order valence-electron chi connectivity index (χ0n) is 20.6. The van der Waals surface area contributed by atoms with E-state index in [9.17, 15) is 9.18 Å². The van der Waals surface area contributed by atoms with Gasteiger partial charge in [0.15, 0.2) is 0 Å². The molecular formula is C28H33FN4O3. The quantitative estimate of drug-likeness (QED) is 0.463. The maximum absolute atomic E-state index is 14.7. The van der Waals surface area contributed by atoms with Gasteiger partial charge in [-0.15, -0.1) is 0 Å². The number of piperidine rings is 1. The second-order valence-electron chi connectivity index (χ2n) is 9.39. The van der Waals surface area contributed by atoms with E-state index in [0.717, 1.165) is 55.8 Å². The van der Waals surface area contributed by atoms with Crippen LogP contribution in [0.5, 0.6) is 0 Å². The van der Waals surface area contributed by atoms with Gasteiger partial charge in [-0.05, 0) is 31.4 Å². The summed E-state index contributed by atoms with van der Waals surface area (Å²) < 4.78 is 26.1. The number of aromatic nitrogens is 1. The molecule has 190 valence electrons. The molecule has 2 aliphatic heterocycles. The fourth-order valence-corrected chi connectivity index (χ4v) is 4.95. The van der Waals surface area contributed by atoms with Gasteiger partial charge in [0, 0.05) is 44.8 Å². The molecule has 2 saturated heterocycles. The highest BCUT2D eigenvalue weighted by atomic mass is 19.1. The van der Waals surface area contributed by atoms with E-state index < -0.39 is 5.82 Å². The lowest BCUT2D eigenvalue weighted by Gasteiger charge is -2.31. The number of nitrogens with zero attached hydrogens (tertiary/aromatic N) is 4. The maximum atomic E-state index is 14.7. The molecule has 2 fully saturated rings. The largest absolute Gasteiger partial charge is 0.379 e. The lowest BCUT2D eigenvalue weighted by atomic mass is 10.0. The zero-order valence-corrected chi connectivity index (χ0v) is 20.6. The van der Waals surface area contributed by atoms with Gasteiger partial charge >= 0.3 is 0 Å². The summed E-state index contributed by atoms with van der Waals surface area (Å²) in [6.07, 6.45) is 3.38. The van der Waals surface area contributed by atoms with E-state index in [1.165, 1.54) is 12.5 Å². The molecular weight excluding hydrogens is 459 g/mol. The molecule has 3 aromatic rings. The van der Waals surface area contributed by atoms with Crippen LogP contribution >= 0.6 is 0 Å². The van der Waals surface area contributed by atoms with Crippen molar-refractivity contribution in [3.05, 3.63) is 71.5 Å². The van der Waals surface area contributed by atoms with Crippen molar-refractivity contribution in [1.29, 1.82) is 0 Å². The van der Waals surface area contributed by atoms with Crippen LogP contribution in [0.2, 0.25) is 0 Å². The number of carbonyl (C=O) groups excluding carboxylic acids is 1. The number of ether oxygens (including phenoxy) is 1. The van der Waals surface area contributed by atoms with Gasteiger partial charge in [-0.1, -0.05) is 47.6 Å². The van der Waals surface area contributed by atoms with Crippen molar-refractivity contribution in [2.45, 2.75) is 25.8 Å². The van der Waals surface area contributed by atoms with Crippen LogP contribution in [-0.2, 0) is 11.3 Å². The molecule has 0 saturated carbocycles. The topological polar surface area (TPSA) is 62.1 Å². The van der Waals surface area contributed by atoms with Gasteiger partial charge in [0.2, 0.25) is 5.88 Å². The molecule has 3 heterocycles. The van der Waals surface area contributed by atoms with Crippen molar-refractivity contribution in [3.63, 3.8) is 0 Å². The smallest absolute Gasteiger partial charge is 0.257 e. The van der Waals surface area contributed by atoms with Crippen molar-refractivity contribution >= 4 is 11.8 Å². The molecule has 0 spiro atoms. The fraction of sp³-hybridized carbons (Fsp3) is 0.429. The SMILES string of the molecule is O=C(c1ccccc1F)N(CCN1CCOCC1)Cc1c(-c2ccccc2)noc1N1CCCCC1. The molecule has 0 atom stereocenters. The van der Waals surface area contributed by atoms with E-state index in [4.69, 9.17) is 9.26 Å². The Morgan fingerprint density at radius 1 is 0.944 bits per heavy atom. The summed E-state index contributed by atoms with van der Waals surface area (Å²) in [5.41, 5.74) is 2.62. The lowest BCUT2D eigenvalue weighted by molar-refractivity contribution is 0.0320. The molecule has 7 nitrogen and oxygen atoms in total. The Kier molecular flexibility index (Phi) is 7.93. The minimum absolute atomic E-state index is 0.0803. The summed E-state index contributed by atoms with van der Waals surface area (Å²) >= 11 is 0. The van der Waals surface area contributed by atoms with Crippen LogP contribution in [0, 0.1) is 5.82 Å². The molecule has 0 unspecified atom stereocenters. The van der Waals surface area contributed by atoms with Gasteiger partial charge < -0.3 is 19.1 Å². The first-order chi connectivity index (χ1) is 17.7. The molecule has 0 aliphatic carbocycles. The summed E-state index contributed by atoms with van der Waals surface area (Å²) in [5, 5.41) is 4.46. The van der Waals surface area contributed by atoms with Crippen molar-refractivity contribution in [2.75, 3.05) is 57.4 Å². The van der Waals surface area contributed by atoms with Gasteiger partial charge in [-0.25, -0.2) is 4.39 Å². The van der Waals surface area contributed by atoms with Crippen LogP contribution in [0.1, 0.15) is 35.2 Å². The molecule has 2 aliphatic rings. The predicted molar refractivity (Wildman–Crippen MR) is 136 cm³/mol. The Labute approximate surface area is 211 Å². The highest BCUT2D eigenvalue weighted by Gasteiger charge is 2.28. The Hall–Kier alpha value is -3.23. The van der Waals surface area contributed by atoms with Crippen LogP contribution in [0.3, 0.4) is 0 Å². The molecule has 1 aromatic heterocycles. The van der Waals surface area contributed by atoms with Crippen LogP contribution in [0.4, 0.5) is 10.3 Å². The third-order valence-electron chi connectivity index (χ3n) is 6.99. The normalized spacial score (nSPS) is 16.8. The average Bonchev–Trinajstić information content (AvgIpc) is 3.36. The van der Waals surface area contributed by atoms with E-state index in [1.54, 1.807) is 23.1 Å². The number of amides is 1. The number of benzene rings is 2. The molecule has 0 radical (unpaired) electrons. The summed E-state index contributed by atoms with van der Waals surface area (Å²) in [6.45, 7) is 6.25. The van der Waals surface area contributed by atoms with E-state index >= 15 is 0 Å². The van der Waals surface area contributed by atoms with Crippen molar-refractivity contribution in [1.82, 2.24) is 15.0 Å². The Balaban J connectivity index is 1.48. The summed E-state index contributed by atoms with van der Waals surface area (Å²) in [7, 11) is 0. The second-order valence-corrected chi connectivity index (χ2v) is 9.39. The summed E-state index contributed by atoms with van der Waals surface area (Å²) in [5.74, 6) is -0.124. The highest BCUT2D eigenvalue weighted by molar-refractivity contribution is 5.94. The van der Waals surface area contributed by atoms with E-state index in [0.29, 0.717) is 32.2 Å². The number of anilines is 1. The van der Waals surface area contributed by atoms with Gasteiger partial charge in [0.25, 0.3) is 5.91 Å². The molecule has 0 bridgehead atoms. The molecule has 0 N–H and O–H groups in total. The van der Waals surface area contributed by atoms with Gasteiger partial charge in [-0.2, -0.15) is 0 Å². The predicted octanol–water partition coefficient (Wildman–Crippen LogP) is 4.45. The number of carbonyl (C=O) groups is 1. The first kappa shape index (κ1) is 24.5. The minimum Gasteiger partial charge on any atom is -0.379 e. The van der Waals surface area contributed by atoms with Crippen molar-refractivity contribution < 1.29 is 18.4 Å². The maximum Gasteiger partial charge on any atom is 0.257 e. The molecule has 2 aromatic carbocycles. The monoisotopic (exact) mass is 492 g/mol. The first-order valence-corrected chi connectivity index (χ1v) is 12.8. The molecule has 1 amide bonds. The summed E-state index contributed by atoms with van der Waals surface area (Å²) in [4.78, 5) is 19.9. The van der Waals surface area contributed by atoms with Crippen LogP contribution in [0.15, 0.2) is 59.1 Å². The van der Waals surface area contributed by atoms with Crippen LogP contribution < -0.4 is 4.90 Å².